The van der Waals surface area contributed by atoms with Crippen LogP contribution in [-0.4, -0.2) is 29.2 Å². The highest BCUT2D eigenvalue weighted by atomic mass is 16.5. The zero-order chi connectivity index (χ0) is 13.6. The van der Waals surface area contributed by atoms with Gasteiger partial charge in [0.05, 0.1) is 0 Å². The maximum atomic E-state index is 5.76. The Labute approximate surface area is 109 Å². The molecule has 0 amide bonds. The number of anilines is 1. The first-order valence-electron chi connectivity index (χ1n) is 6.24. The first-order valence-corrected chi connectivity index (χ1v) is 6.24. The van der Waals surface area contributed by atoms with Crippen molar-refractivity contribution in [1.29, 1.82) is 0 Å². The van der Waals surface area contributed by atoms with E-state index in [-0.39, 0.29) is 5.60 Å². The second kappa shape index (κ2) is 6.54. The van der Waals surface area contributed by atoms with Crippen molar-refractivity contribution in [3.05, 3.63) is 11.9 Å². The number of rotatable bonds is 6. The summed E-state index contributed by atoms with van der Waals surface area (Å²) in [6.07, 6.45) is 1.04. The number of hydrogen-bond donors (Lipinski definition) is 1. The van der Waals surface area contributed by atoms with Gasteiger partial charge in [0, 0.05) is 19.7 Å². The zero-order valence-electron chi connectivity index (χ0n) is 11.9. The molecule has 0 bridgehead atoms. The second-order valence-electron chi connectivity index (χ2n) is 5.08. The molecule has 0 saturated carbocycles. The average molecular weight is 253 g/mol. The van der Waals surface area contributed by atoms with Gasteiger partial charge < -0.3 is 14.8 Å². The minimum absolute atomic E-state index is 0.277. The molecular weight excluding hydrogens is 230 g/mol. The Balaban J connectivity index is 2.90. The lowest BCUT2D eigenvalue weighted by molar-refractivity contribution is 0.121. The molecule has 1 N–H and O–H groups in total. The Morgan fingerprint density at radius 1 is 1.28 bits per heavy atom. The van der Waals surface area contributed by atoms with Crippen LogP contribution in [0.1, 0.15) is 39.9 Å². The molecule has 0 saturated heterocycles. The van der Waals surface area contributed by atoms with Crippen LogP contribution in [0.15, 0.2) is 6.07 Å². The van der Waals surface area contributed by atoms with E-state index in [1.807, 2.05) is 26.8 Å². The number of aromatic nitrogens is 2. The maximum Gasteiger partial charge on any atom is 0.219 e. The normalized spacial score (nSPS) is 11.4. The van der Waals surface area contributed by atoms with Gasteiger partial charge in [0.1, 0.15) is 18.0 Å². The smallest absolute Gasteiger partial charge is 0.219 e. The van der Waals surface area contributed by atoms with Gasteiger partial charge in [-0.05, 0) is 27.2 Å². The van der Waals surface area contributed by atoms with Crippen LogP contribution in [0.4, 0.5) is 5.82 Å². The second-order valence-corrected chi connectivity index (χ2v) is 5.08. The molecule has 18 heavy (non-hydrogen) atoms. The third kappa shape index (κ3) is 5.31. The van der Waals surface area contributed by atoms with Gasteiger partial charge in [-0.3, -0.25) is 0 Å². The Hall–Kier alpha value is -1.36. The summed E-state index contributed by atoms with van der Waals surface area (Å²) in [5.41, 5.74) is -0.277. The molecule has 0 unspecified atom stereocenters. The van der Waals surface area contributed by atoms with Gasteiger partial charge in [0.25, 0.3) is 0 Å². The number of ether oxygens (including phenoxy) is 2. The molecule has 0 aliphatic carbocycles. The molecular formula is C13H23N3O2. The van der Waals surface area contributed by atoms with Crippen LogP contribution in [0, 0.1) is 0 Å². The van der Waals surface area contributed by atoms with Gasteiger partial charge in [0.2, 0.25) is 5.88 Å². The van der Waals surface area contributed by atoms with Crippen LogP contribution in [0.5, 0.6) is 5.88 Å². The summed E-state index contributed by atoms with van der Waals surface area (Å²) in [7, 11) is 1.62. The molecule has 0 aliphatic rings. The summed E-state index contributed by atoms with van der Waals surface area (Å²) >= 11 is 0. The fourth-order valence-corrected chi connectivity index (χ4v) is 1.38. The molecule has 0 spiro atoms. The van der Waals surface area contributed by atoms with Crippen molar-refractivity contribution in [2.75, 3.05) is 19.0 Å². The number of hydrogen-bond acceptors (Lipinski definition) is 5. The molecule has 102 valence electrons. The molecule has 0 atom stereocenters. The first kappa shape index (κ1) is 14.7. The fraction of sp³-hybridized carbons (Fsp3) is 0.692. The van der Waals surface area contributed by atoms with Crippen LogP contribution in [-0.2, 0) is 11.3 Å². The molecule has 0 radical (unpaired) electrons. The fourth-order valence-electron chi connectivity index (χ4n) is 1.38. The third-order valence-corrected chi connectivity index (χ3v) is 1.99. The Kier molecular flexibility index (Phi) is 5.34. The highest BCUT2D eigenvalue weighted by Gasteiger charge is 2.14. The first-order chi connectivity index (χ1) is 8.44. The summed E-state index contributed by atoms with van der Waals surface area (Å²) in [6.45, 7) is 9.33. The largest absolute Gasteiger partial charge is 0.472 e. The van der Waals surface area contributed by atoms with Crippen molar-refractivity contribution in [2.24, 2.45) is 0 Å². The third-order valence-electron chi connectivity index (χ3n) is 1.99. The summed E-state index contributed by atoms with van der Waals surface area (Å²) in [5, 5.41) is 3.23. The number of nitrogens with zero attached hydrogens (tertiary/aromatic N) is 2. The van der Waals surface area contributed by atoms with Gasteiger partial charge >= 0.3 is 0 Å². The van der Waals surface area contributed by atoms with Crippen molar-refractivity contribution >= 4 is 5.82 Å². The van der Waals surface area contributed by atoms with Gasteiger partial charge in [0.15, 0.2) is 5.82 Å². The van der Waals surface area contributed by atoms with Crippen molar-refractivity contribution in [1.82, 2.24) is 9.97 Å². The molecule has 1 aromatic heterocycles. The predicted molar refractivity (Wildman–Crippen MR) is 71.9 cm³/mol. The maximum absolute atomic E-state index is 5.76. The van der Waals surface area contributed by atoms with E-state index in [2.05, 4.69) is 22.2 Å². The topological polar surface area (TPSA) is 56.3 Å². The number of nitrogens with one attached hydrogen (secondary N) is 1. The van der Waals surface area contributed by atoms with E-state index in [1.165, 1.54) is 0 Å². The number of methoxy groups -OCH3 is 1. The van der Waals surface area contributed by atoms with Crippen molar-refractivity contribution < 1.29 is 9.47 Å². The van der Waals surface area contributed by atoms with E-state index < -0.39 is 0 Å². The summed E-state index contributed by atoms with van der Waals surface area (Å²) in [5.74, 6) is 1.97. The molecule has 5 heteroatoms. The van der Waals surface area contributed by atoms with Crippen LogP contribution >= 0.6 is 0 Å². The lowest BCUT2D eigenvalue weighted by Gasteiger charge is -2.21. The molecule has 1 heterocycles. The highest BCUT2D eigenvalue weighted by Crippen LogP contribution is 2.19. The van der Waals surface area contributed by atoms with Crippen LogP contribution in [0.3, 0.4) is 0 Å². The van der Waals surface area contributed by atoms with E-state index in [4.69, 9.17) is 9.47 Å². The predicted octanol–water partition coefficient (Wildman–Crippen LogP) is 2.62. The van der Waals surface area contributed by atoms with E-state index in [1.54, 1.807) is 7.11 Å². The molecule has 0 fully saturated rings. The minimum atomic E-state index is -0.277. The lowest BCUT2D eigenvalue weighted by atomic mass is 10.2. The van der Waals surface area contributed by atoms with Gasteiger partial charge in [-0.1, -0.05) is 6.92 Å². The standard InChI is InChI=1S/C13H23N3O2/c1-6-7-14-10-8-12(18-13(2,3)4)16-11(15-10)9-17-5/h8H,6-7,9H2,1-5H3,(H,14,15,16). The van der Waals surface area contributed by atoms with Crippen molar-refractivity contribution in [3.8, 4) is 5.88 Å². The Morgan fingerprint density at radius 3 is 2.56 bits per heavy atom. The minimum Gasteiger partial charge on any atom is -0.472 e. The molecule has 0 aromatic carbocycles. The average Bonchev–Trinajstić information content (AvgIpc) is 2.24. The van der Waals surface area contributed by atoms with E-state index in [9.17, 15) is 0 Å². The SMILES string of the molecule is CCCNc1cc(OC(C)(C)C)nc(COC)n1. The van der Waals surface area contributed by atoms with E-state index in [0.29, 0.717) is 18.3 Å². The van der Waals surface area contributed by atoms with Crippen molar-refractivity contribution in [2.45, 2.75) is 46.3 Å². The van der Waals surface area contributed by atoms with Gasteiger partial charge in [-0.15, -0.1) is 0 Å². The highest BCUT2D eigenvalue weighted by molar-refractivity contribution is 5.38. The lowest BCUT2D eigenvalue weighted by Crippen LogP contribution is -2.24. The molecule has 1 aromatic rings. The van der Waals surface area contributed by atoms with Crippen LogP contribution < -0.4 is 10.1 Å². The zero-order valence-corrected chi connectivity index (χ0v) is 11.9. The van der Waals surface area contributed by atoms with Crippen molar-refractivity contribution in [3.63, 3.8) is 0 Å². The molecule has 1 rings (SSSR count). The summed E-state index contributed by atoms with van der Waals surface area (Å²) in [4.78, 5) is 8.68. The van der Waals surface area contributed by atoms with Gasteiger partial charge in [-0.2, -0.15) is 4.98 Å². The van der Waals surface area contributed by atoms with E-state index in [0.717, 1.165) is 18.8 Å². The van der Waals surface area contributed by atoms with Crippen LogP contribution in [0.25, 0.3) is 0 Å². The molecule has 5 nitrogen and oxygen atoms in total. The Morgan fingerprint density at radius 2 is 2.00 bits per heavy atom. The van der Waals surface area contributed by atoms with Gasteiger partial charge in [-0.25, -0.2) is 4.98 Å². The van der Waals surface area contributed by atoms with Crippen LogP contribution in [0.2, 0.25) is 0 Å². The Bertz CT molecular complexity index is 375. The molecule has 0 aliphatic heterocycles. The summed E-state index contributed by atoms with van der Waals surface area (Å²) < 4.78 is 10.8. The quantitative estimate of drug-likeness (QED) is 0.844. The monoisotopic (exact) mass is 253 g/mol. The summed E-state index contributed by atoms with van der Waals surface area (Å²) in [6, 6.07) is 1.82. The van der Waals surface area contributed by atoms with E-state index >= 15 is 0 Å².